The molecule has 1 aromatic rings. The van der Waals surface area contributed by atoms with E-state index in [2.05, 4.69) is 0 Å². The highest BCUT2D eigenvalue weighted by molar-refractivity contribution is 5.87. The first-order valence-electron chi connectivity index (χ1n) is 4.08. The molecule has 1 N–H and O–H groups in total. The molecule has 0 amide bonds. The number of methoxy groups -OCH3 is 1. The zero-order chi connectivity index (χ0) is 10.6. The van der Waals surface area contributed by atoms with Crippen LogP contribution in [0.15, 0.2) is 23.1 Å². The molecule has 0 aliphatic rings. The first kappa shape index (κ1) is 10.5. The van der Waals surface area contributed by atoms with Crippen molar-refractivity contribution in [2.24, 2.45) is 0 Å². The Kier molecular flexibility index (Phi) is 3.41. The summed E-state index contributed by atoms with van der Waals surface area (Å²) in [5.41, 5.74) is -0.132. The van der Waals surface area contributed by atoms with Crippen molar-refractivity contribution >= 4 is 5.97 Å². The molecule has 0 saturated heterocycles. The Bertz CT molecular complexity index is 383. The van der Waals surface area contributed by atoms with E-state index in [1.54, 1.807) is 0 Å². The molecule has 5 nitrogen and oxygen atoms in total. The van der Waals surface area contributed by atoms with Crippen LogP contribution in [0.4, 0.5) is 0 Å². The van der Waals surface area contributed by atoms with Crippen molar-refractivity contribution in [3.8, 4) is 0 Å². The number of carbonyl (C=O) groups is 1. The summed E-state index contributed by atoms with van der Waals surface area (Å²) in [6.07, 6.45) is 1.31. The van der Waals surface area contributed by atoms with Gasteiger partial charge in [0.25, 0.3) is 5.56 Å². The number of hydrogen-bond acceptors (Lipinski definition) is 3. The summed E-state index contributed by atoms with van der Waals surface area (Å²) in [5, 5.41) is 8.68. The summed E-state index contributed by atoms with van der Waals surface area (Å²) in [5.74, 6) is -1.05. The topological polar surface area (TPSA) is 68.5 Å². The number of pyridine rings is 1. The average Bonchev–Trinajstić information content (AvgIpc) is 2.16. The number of carboxylic acid groups (broad SMARTS) is 1. The number of hydrogen-bond donors (Lipinski definition) is 1. The summed E-state index contributed by atoms with van der Waals surface area (Å²) < 4.78 is 6.11. The molecule has 0 fully saturated rings. The van der Waals surface area contributed by atoms with Gasteiger partial charge in [0.05, 0.1) is 12.2 Å². The maximum absolute atomic E-state index is 11.2. The Balaban J connectivity index is 2.96. The van der Waals surface area contributed by atoms with Crippen LogP contribution in [0.3, 0.4) is 0 Å². The summed E-state index contributed by atoms with van der Waals surface area (Å²) in [4.78, 5) is 21.8. The number of aromatic carboxylic acids is 1. The van der Waals surface area contributed by atoms with Gasteiger partial charge in [0, 0.05) is 25.9 Å². The van der Waals surface area contributed by atoms with Gasteiger partial charge >= 0.3 is 5.97 Å². The molecule has 0 aromatic carbocycles. The van der Waals surface area contributed by atoms with E-state index in [0.717, 1.165) is 0 Å². The van der Waals surface area contributed by atoms with Gasteiger partial charge in [-0.05, 0) is 6.07 Å². The number of nitrogens with zero attached hydrogens (tertiary/aromatic N) is 1. The van der Waals surface area contributed by atoms with E-state index in [1.165, 1.54) is 30.0 Å². The number of aromatic nitrogens is 1. The van der Waals surface area contributed by atoms with Gasteiger partial charge in [0.1, 0.15) is 0 Å². The maximum Gasteiger partial charge on any atom is 0.337 e. The number of rotatable bonds is 4. The SMILES string of the molecule is COCCn1cc(C(=O)O)ccc1=O. The van der Waals surface area contributed by atoms with Crippen LogP contribution >= 0.6 is 0 Å². The first-order valence-corrected chi connectivity index (χ1v) is 4.08. The molecule has 0 unspecified atom stereocenters. The number of carboxylic acids is 1. The molecule has 0 atom stereocenters. The van der Waals surface area contributed by atoms with Gasteiger partial charge in [-0.15, -0.1) is 0 Å². The normalized spacial score (nSPS) is 10.1. The predicted octanol–water partition coefficient (Wildman–Crippen LogP) is 0.193. The second-order valence-corrected chi connectivity index (χ2v) is 2.75. The molecule has 0 saturated carbocycles. The second kappa shape index (κ2) is 4.57. The van der Waals surface area contributed by atoms with Gasteiger partial charge in [-0.25, -0.2) is 4.79 Å². The molecule has 76 valence electrons. The molecule has 14 heavy (non-hydrogen) atoms. The lowest BCUT2D eigenvalue weighted by Crippen LogP contribution is -2.22. The summed E-state index contributed by atoms with van der Waals surface area (Å²) in [7, 11) is 1.52. The molecule has 0 aliphatic carbocycles. The van der Waals surface area contributed by atoms with Crippen molar-refractivity contribution in [2.75, 3.05) is 13.7 Å². The van der Waals surface area contributed by atoms with Crippen LogP contribution in [0.5, 0.6) is 0 Å². The lowest BCUT2D eigenvalue weighted by Gasteiger charge is -2.04. The Morgan fingerprint density at radius 3 is 2.86 bits per heavy atom. The van der Waals surface area contributed by atoms with E-state index < -0.39 is 5.97 Å². The Morgan fingerprint density at radius 1 is 1.57 bits per heavy atom. The zero-order valence-corrected chi connectivity index (χ0v) is 7.77. The van der Waals surface area contributed by atoms with Gasteiger partial charge in [0.2, 0.25) is 0 Å². The molecular weight excluding hydrogens is 186 g/mol. The lowest BCUT2D eigenvalue weighted by molar-refractivity contribution is 0.0695. The summed E-state index contributed by atoms with van der Waals surface area (Å²) >= 11 is 0. The fraction of sp³-hybridized carbons (Fsp3) is 0.333. The Labute approximate surface area is 80.6 Å². The Morgan fingerprint density at radius 2 is 2.29 bits per heavy atom. The van der Waals surface area contributed by atoms with Crippen LogP contribution in [0, 0.1) is 0 Å². The van der Waals surface area contributed by atoms with Crippen molar-refractivity contribution < 1.29 is 14.6 Å². The van der Waals surface area contributed by atoms with Gasteiger partial charge in [-0.2, -0.15) is 0 Å². The van der Waals surface area contributed by atoms with Gasteiger partial charge in [0.15, 0.2) is 0 Å². The maximum atomic E-state index is 11.2. The molecule has 5 heteroatoms. The standard InChI is InChI=1S/C9H11NO4/c1-14-5-4-10-6-7(9(12)13)2-3-8(10)11/h2-3,6H,4-5H2,1H3,(H,12,13). The highest BCUT2D eigenvalue weighted by Crippen LogP contribution is 1.95. The van der Waals surface area contributed by atoms with Crippen molar-refractivity contribution in [3.05, 3.63) is 34.2 Å². The van der Waals surface area contributed by atoms with E-state index in [1.807, 2.05) is 0 Å². The molecule has 0 bridgehead atoms. The van der Waals surface area contributed by atoms with Crippen molar-refractivity contribution in [3.63, 3.8) is 0 Å². The molecule has 0 aliphatic heterocycles. The third-order valence-electron chi connectivity index (χ3n) is 1.77. The molecule has 1 aromatic heterocycles. The van der Waals surface area contributed by atoms with Crippen LogP contribution in [0.1, 0.15) is 10.4 Å². The minimum atomic E-state index is -1.05. The van der Waals surface area contributed by atoms with E-state index >= 15 is 0 Å². The van der Waals surface area contributed by atoms with Gasteiger partial charge in [-0.1, -0.05) is 0 Å². The van der Waals surface area contributed by atoms with Crippen molar-refractivity contribution in [1.82, 2.24) is 4.57 Å². The first-order chi connectivity index (χ1) is 6.65. The molecular formula is C9H11NO4. The quantitative estimate of drug-likeness (QED) is 0.748. The minimum Gasteiger partial charge on any atom is -0.478 e. The van der Waals surface area contributed by atoms with Gasteiger partial charge < -0.3 is 14.4 Å². The predicted molar refractivity (Wildman–Crippen MR) is 49.5 cm³/mol. The molecule has 0 radical (unpaired) electrons. The van der Waals surface area contributed by atoms with Crippen LogP contribution in [-0.4, -0.2) is 29.4 Å². The lowest BCUT2D eigenvalue weighted by atomic mass is 10.3. The highest BCUT2D eigenvalue weighted by atomic mass is 16.5. The Hall–Kier alpha value is -1.62. The van der Waals surface area contributed by atoms with E-state index in [-0.39, 0.29) is 11.1 Å². The van der Waals surface area contributed by atoms with Crippen LogP contribution in [-0.2, 0) is 11.3 Å². The highest BCUT2D eigenvalue weighted by Gasteiger charge is 2.04. The van der Waals surface area contributed by atoms with Crippen LogP contribution in [0.2, 0.25) is 0 Å². The smallest absolute Gasteiger partial charge is 0.337 e. The minimum absolute atomic E-state index is 0.0979. The van der Waals surface area contributed by atoms with Crippen molar-refractivity contribution in [1.29, 1.82) is 0 Å². The summed E-state index contributed by atoms with van der Waals surface area (Å²) in [6, 6.07) is 2.52. The fourth-order valence-corrected chi connectivity index (χ4v) is 1.02. The zero-order valence-electron chi connectivity index (χ0n) is 7.77. The van der Waals surface area contributed by atoms with E-state index in [9.17, 15) is 9.59 Å². The largest absolute Gasteiger partial charge is 0.478 e. The molecule has 1 heterocycles. The van der Waals surface area contributed by atoms with E-state index in [0.29, 0.717) is 13.2 Å². The van der Waals surface area contributed by atoms with Crippen LogP contribution < -0.4 is 5.56 Å². The van der Waals surface area contributed by atoms with Crippen molar-refractivity contribution in [2.45, 2.75) is 6.54 Å². The monoisotopic (exact) mass is 197 g/mol. The van der Waals surface area contributed by atoms with Crippen LogP contribution in [0.25, 0.3) is 0 Å². The molecule has 0 spiro atoms. The average molecular weight is 197 g/mol. The number of ether oxygens (including phenoxy) is 1. The second-order valence-electron chi connectivity index (χ2n) is 2.75. The molecule has 1 rings (SSSR count). The fourth-order valence-electron chi connectivity index (χ4n) is 1.02. The van der Waals surface area contributed by atoms with Gasteiger partial charge in [-0.3, -0.25) is 4.79 Å². The third-order valence-corrected chi connectivity index (χ3v) is 1.77. The summed E-state index contributed by atoms with van der Waals surface area (Å²) in [6.45, 7) is 0.736. The van der Waals surface area contributed by atoms with E-state index in [4.69, 9.17) is 9.84 Å². The third kappa shape index (κ3) is 2.43.